The van der Waals surface area contributed by atoms with Gasteiger partial charge in [0, 0.05) is 19.0 Å². The van der Waals surface area contributed by atoms with Crippen LogP contribution in [0.15, 0.2) is 12.7 Å². The van der Waals surface area contributed by atoms with Gasteiger partial charge in [-0.2, -0.15) is 10.5 Å². The number of imidazole rings is 1. The Hall–Kier alpha value is -2.81. The van der Waals surface area contributed by atoms with Gasteiger partial charge in [0.15, 0.2) is 23.2 Å². The largest absolute Gasteiger partial charge is 0.354 e. The van der Waals surface area contributed by atoms with E-state index in [1.807, 2.05) is 13.0 Å². The molecule has 5 atom stereocenters. The fraction of sp³-hybridized carbons (Fsp3) is 0.692. The van der Waals surface area contributed by atoms with Crippen LogP contribution in [0.5, 0.6) is 0 Å². The molecule has 1 aliphatic heterocycles. The zero-order chi connectivity index (χ0) is 29.9. The third-order valence-corrected chi connectivity index (χ3v) is 8.32. The number of aromatic nitrogens is 4. The van der Waals surface area contributed by atoms with Crippen LogP contribution in [0.2, 0.25) is 0 Å². The summed E-state index contributed by atoms with van der Waals surface area (Å²) in [4.78, 5) is 24.7. The van der Waals surface area contributed by atoms with E-state index in [0.29, 0.717) is 17.6 Å². The van der Waals surface area contributed by atoms with Crippen molar-refractivity contribution in [2.24, 2.45) is 0 Å². The van der Waals surface area contributed by atoms with Gasteiger partial charge in [0.1, 0.15) is 25.3 Å². The molecule has 1 saturated heterocycles. The molecular formula is C26H39N8O6P. The number of hydrogen-bond donors (Lipinski definition) is 1. The number of rotatable bonds is 16. The topological polar surface area (TPSA) is 170 Å². The molecule has 0 bridgehead atoms. The molecular weight excluding hydrogens is 551 g/mol. The first-order valence-electron chi connectivity index (χ1n) is 13.6. The van der Waals surface area contributed by atoms with Gasteiger partial charge in [-0.05, 0) is 34.1 Å². The minimum Gasteiger partial charge on any atom is -0.354 e. The Bertz CT molecular complexity index is 1210. The standard InChI is InChI=1S/C26H39N8O6P/c1-7-20-22(40-41(38-13-9-11-28)34(17(2)3)18(4)5)23(37-16-36-12-8-10-27)26(39-20)33-15-31-21-24(32-19(6)35)29-14-30-25(21)33/h14-15,17-18,20,22-23,26H,7-9,12-13,16H2,1-6H3,(H,29,30,32,35)/t20-,22+,23?,26-,41?/m1/s1. The van der Waals surface area contributed by atoms with E-state index in [4.69, 9.17) is 33.8 Å². The Morgan fingerprint density at radius 1 is 1.15 bits per heavy atom. The number of nitrogens with zero attached hydrogens (tertiary/aromatic N) is 7. The third-order valence-electron chi connectivity index (χ3n) is 6.19. The predicted octanol–water partition coefficient (Wildman–Crippen LogP) is 4.03. The fourth-order valence-corrected chi connectivity index (χ4v) is 6.33. The number of ether oxygens (including phenoxy) is 3. The van der Waals surface area contributed by atoms with Crippen molar-refractivity contribution in [3.63, 3.8) is 0 Å². The van der Waals surface area contributed by atoms with Crippen LogP contribution >= 0.6 is 8.53 Å². The first kappa shape index (κ1) is 32.7. The molecule has 1 fully saturated rings. The van der Waals surface area contributed by atoms with Gasteiger partial charge >= 0.3 is 0 Å². The summed E-state index contributed by atoms with van der Waals surface area (Å²) in [5.74, 6) is 0.00633. The van der Waals surface area contributed by atoms with Crippen LogP contribution in [0.3, 0.4) is 0 Å². The van der Waals surface area contributed by atoms with E-state index in [1.165, 1.54) is 13.3 Å². The highest BCUT2D eigenvalue weighted by Crippen LogP contribution is 2.51. The van der Waals surface area contributed by atoms with E-state index in [-0.39, 0.29) is 62.8 Å². The van der Waals surface area contributed by atoms with Gasteiger partial charge in [0.2, 0.25) is 5.91 Å². The van der Waals surface area contributed by atoms with E-state index in [2.05, 4.69) is 58.7 Å². The Labute approximate surface area is 241 Å². The molecule has 1 aliphatic rings. The van der Waals surface area contributed by atoms with Crippen LogP contribution in [-0.4, -0.2) is 80.5 Å². The molecule has 0 aliphatic carbocycles. The lowest BCUT2D eigenvalue weighted by molar-refractivity contribution is -0.135. The Morgan fingerprint density at radius 2 is 1.85 bits per heavy atom. The van der Waals surface area contributed by atoms with Crippen LogP contribution in [-0.2, 0) is 28.1 Å². The first-order chi connectivity index (χ1) is 19.7. The number of nitriles is 2. The molecule has 15 heteroatoms. The average Bonchev–Trinajstić information content (AvgIpc) is 3.49. The van der Waals surface area contributed by atoms with Crippen LogP contribution in [0.1, 0.15) is 67.0 Å². The zero-order valence-electron chi connectivity index (χ0n) is 24.4. The van der Waals surface area contributed by atoms with Crippen LogP contribution < -0.4 is 5.32 Å². The minimum absolute atomic E-state index is 0.0907. The van der Waals surface area contributed by atoms with Crippen molar-refractivity contribution in [1.82, 2.24) is 24.2 Å². The monoisotopic (exact) mass is 590 g/mol. The smallest absolute Gasteiger partial charge is 0.259 e. The fourth-order valence-electron chi connectivity index (χ4n) is 4.56. The van der Waals surface area contributed by atoms with Crippen molar-refractivity contribution in [2.45, 2.75) is 97.4 Å². The highest BCUT2D eigenvalue weighted by atomic mass is 31.2. The van der Waals surface area contributed by atoms with Gasteiger partial charge in [0.25, 0.3) is 8.53 Å². The van der Waals surface area contributed by atoms with Gasteiger partial charge in [0.05, 0.1) is 50.6 Å². The summed E-state index contributed by atoms with van der Waals surface area (Å²) in [5, 5.41) is 20.6. The Morgan fingerprint density at radius 3 is 2.49 bits per heavy atom. The number of carbonyl (C=O) groups is 1. The molecule has 2 aromatic rings. The maximum absolute atomic E-state index is 11.7. The number of carbonyl (C=O) groups excluding carboxylic acids is 1. The number of hydrogen-bond acceptors (Lipinski definition) is 12. The van der Waals surface area contributed by atoms with Crippen molar-refractivity contribution in [3.05, 3.63) is 12.7 Å². The van der Waals surface area contributed by atoms with E-state index in [9.17, 15) is 4.79 Å². The normalized spacial score (nSPS) is 21.4. The number of fused-ring (bicyclic) bond motifs is 1. The van der Waals surface area contributed by atoms with Gasteiger partial charge in [-0.25, -0.2) is 19.6 Å². The maximum Gasteiger partial charge on any atom is 0.259 e. The molecule has 1 N–H and O–H groups in total. The molecule has 0 saturated carbocycles. The predicted molar refractivity (Wildman–Crippen MR) is 150 cm³/mol. The van der Waals surface area contributed by atoms with E-state index in [0.717, 1.165) is 0 Å². The first-order valence-corrected chi connectivity index (χ1v) is 14.8. The lowest BCUT2D eigenvalue weighted by Crippen LogP contribution is -2.40. The van der Waals surface area contributed by atoms with Gasteiger partial charge in [-0.1, -0.05) is 6.92 Å². The molecule has 0 radical (unpaired) electrons. The van der Waals surface area contributed by atoms with Crippen LogP contribution in [0.4, 0.5) is 5.82 Å². The molecule has 2 unspecified atom stereocenters. The molecule has 14 nitrogen and oxygen atoms in total. The summed E-state index contributed by atoms with van der Waals surface area (Å²) in [7, 11) is -1.59. The number of nitrogens with one attached hydrogen (secondary N) is 1. The molecule has 41 heavy (non-hydrogen) atoms. The SMILES string of the molecule is CC[C@H]1O[C@@H](n2cnc3c(NC(C)=O)ncnc32)C(OCOCCC#N)[C@H]1OP(OCCC#N)N(C(C)C)C(C)C. The maximum atomic E-state index is 11.7. The van der Waals surface area contributed by atoms with Crippen molar-refractivity contribution in [2.75, 3.05) is 25.3 Å². The molecule has 1 amide bonds. The van der Waals surface area contributed by atoms with Crippen LogP contribution in [0, 0.1) is 22.7 Å². The van der Waals surface area contributed by atoms with Crippen molar-refractivity contribution in [3.8, 4) is 12.1 Å². The molecule has 3 heterocycles. The van der Waals surface area contributed by atoms with E-state index >= 15 is 0 Å². The molecule has 224 valence electrons. The summed E-state index contributed by atoms with van der Waals surface area (Å²) < 4.78 is 35.1. The minimum atomic E-state index is -1.59. The van der Waals surface area contributed by atoms with E-state index < -0.39 is 27.0 Å². The van der Waals surface area contributed by atoms with Gasteiger partial charge < -0.3 is 28.6 Å². The molecule has 0 spiro atoms. The van der Waals surface area contributed by atoms with Crippen molar-refractivity contribution in [1.29, 1.82) is 10.5 Å². The molecule has 3 rings (SSSR count). The summed E-state index contributed by atoms with van der Waals surface area (Å²) in [6, 6.07) is 4.38. The molecule has 2 aromatic heterocycles. The van der Waals surface area contributed by atoms with Gasteiger partial charge in [-0.15, -0.1) is 0 Å². The van der Waals surface area contributed by atoms with Crippen LogP contribution in [0.25, 0.3) is 11.2 Å². The Balaban J connectivity index is 1.99. The number of amides is 1. The van der Waals surface area contributed by atoms with Crippen molar-refractivity contribution < 1.29 is 28.1 Å². The summed E-state index contributed by atoms with van der Waals surface area (Å²) >= 11 is 0. The second-order valence-corrected chi connectivity index (χ2v) is 11.3. The van der Waals surface area contributed by atoms with E-state index in [1.54, 1.807) is 10.9 Å². The third kappa shape index (κ3) is 8.37. The Kier molecular flexibility index (Phi) is 12.8. The van der Waals surface area contributed by atoms with Crippen molar-refractivity contribution >= 4 is 31.4 Å². The lowest BCUT2D eigenvalue weighted by Gasteiger charge is -2.38. The second-order valence-electron chi connectivity index (χ2n) is 9.88. The highest BCUT2D eigenvalue weighted by molar-refractivity contribution is 7.44. The second kappa shape index (κ2) is 16.0. The van der Waals surface area contributed by atoms with Gasteiger partial charge in [-0.3, -0.25) is 9.36 Å². The lowest BCUT2D eigenvalue weighted by atomic mass is 10.1. The number of anilines is 1. The summed E-state index contributed by atoms with van der Waals surface area (Å²) in [6.45, 7) is 12.0. The zero-order valence-corrected chi connectivity index (χ0v) is 25.3. The quantitative estimate of drug-likeness (QED) is 0.169. The highest BCUT2D eigenvalue weighted by Gasteiger charge is 2.49. The average molecular weight is 591 g/mol. The summed E-state index contributed by atoms with van der Waals surface area (Å²) in [5.41, 5.74) is 0.849. The molecule has 0 aromatic carbocycles. The summed E-state index contributed by atoms with van der Waals surface area (Å²) in [6.07, 6.45) is 1.64.